The maximum absolute atomic E-state index is 11.8. The molecule has 2 amide bonds. The number of anilines is 1. The van der Waals surface area contributed by atoms with E-state index in [1.807, 2.05) is 25.1 Å². The summed E-state index contributed by atoms with van der Waals surface area (Å²) in [7, 11) is 6.77. The first-order valence-corrected chi connectivity index (χ1v) is 20.5. The number of aromatic nitrogens is 4. The average Bonchev–Trinajstić information content (AvgIpc) is 4.09. The minimum Gasteiger partial charge on any atom is -0.477 e. The second kappa shape index (κ2) is 20.4. The number of rotatable bonds is 8. The van der Waals surface area contributed by atoms with Gasteiger partial charge in [-0.1, -0.05) is 0 Å². The molecule has 7 N–H and O–H groups in total. The number of carbonyl (C=O) groups is 4. The molecule has 0 saturated carbocycles. The van der Waals surface area contributed by atoms with Gasteiger partial charge in [-0.05, 0) is 93.3 Å². The Morgan fingerprint density at radius 2 is 0.838 bits per heavy atom. The Bertz CT molecular complexity index is 3300. The number of ether oxygens (including phenoxy) is 1. The number of fused-ring (bicyclic) bond motifs is 4. The molecule has 0 unspecified atom stereocenters. The number of hydrogen-bond donors (Lipinski definition) is 6. The predicted molar refractivity (Wildman–Crippen MR) is 255 cm³/mol. The van der Waals surface area contributed by atoms with Crippen LogP contribution >= 0.6 is 0 Å². The number of carbonyl (C=O) groups excluding carboxylic acids is 3. The highest BCUT2D eigenvalue weighted by molar-refractivity contribution is 6.01. The molecule has 4 heterocycles. The van der Waals surface area contributed by atoms with Crippen LogP contribution in [-0.2, 0) is 4.74 Å². The molecule has 8 aromatic rings. The fourth-order valence-electron chi connectivity index (χ4n) is 7.13. The van der Waals surface area contributed by atoms with E-state index in [0.717, 1.165) is 33.1 Å². The number of nitro benzene ring substituents is 3. The molecule has 68 heavy (non-hydrogen) atoms. The van der Waals surface area contributed by atoms with Crippen molar-refractivity contribution in [2.24, 2.45) is 0 Å². The Morgan fingerprint density at radius 1 is 0.529 bits per heavy atom. The number of carboxylic acids is 1. The lowest BCUT2D eigenvalue weighted by molar-refractivity contribution is -0.384. The number of hydrogen-bond acceptors (Lipinski definition) is 12. The topological polar surface area (TPSA) is 323 Å². The Balaban J connectivity index is 0.000000170. The number of esters is 1. The lowest BCUT2D eigenvalue weighted by Gasteiger charge is -2.07. The molecule has 0 radical (unpaired) electrons. The van der Waals surface area contributed by atoms with E-state index in [2.05, 4.69) is 19.9 Å². The first-order chi connectivity index (χ1) is 31.9. The van der Waals surface area contributed by atoms with Gasteiger partial charge in [-0.15, -0.1) is 0 Å². The third-order valence-corrected chi connectivity index (χ3v) is 10.3. The first kappa shape index (κ1) is 49.9. The molecule has 0 saturated heterocycles. The smallest absolute Gasteiger partial charge is 0.354 e. The number of nitro groups is 3. The monoisotopic (exact) mass is 932 g/mol. The summed E-state index contributed by atoms with van der Waals surface area (Å²) in [4.78, 5) is 91.4. The molecule has 4 aromatic heterocycles. The summed E-state index contributed by atoms with van der Waals surface area (Å²) in [6.07, 6.45) is 0. The van der Waals surface area contributed by atoms with Crippen LogP contribution in [0.5, 0.6) is 0 Å². The van der Waals surface area contributed by atoms with E-state index in [1.54, 1.807) is 72.9 Å². The number of nitrogens with one attached hydrogen (secondary N) is 4. The van der Waals surface area contributed by atoms with E-state index in [1.165, 1.54) is 47.4 Å². The number of aromatic carboxylic acids is 1. The largest absolute Gasteiger partial charge is 0.477 e. The van der Waals surface area contributed by atoms with Crippen molar-refractivity contribution in [2.45, 2.75) is 34.6 Å². The molecule has 0 bridgehead atoms. The number of benzene rings is 4. The average molecular weight is 933 g/mol. The standard InChI is InChI=1S/C12H13N3O3.C12H15N3O.C12H12N2O4.C10H8N2O4/c1-7-4-9(15(17)18)5-8-6-10(13-11(7)8)12(16)14(2)3;1-7-4-9(13)5-8-6-10(14-11(7)8)12(16)15(2)3;1-3-18-12(15)10-6-8-5-9(14(16)17)4-7(2)11(8)13-10;1-5-2-7(12(15)16)3-6-4-8(10(13)14)11-9(5)6/h4-6,13H,1-3H3;4-6,14H,13H2,1-3H3;4-6,13H,3H2,1-2H3;2-4,11H,1H3,(H,13,14). The van der Waals surface area contributed by atoms with Crippen molar-refractivity contribution in [2.75, 3.05) is 40.5 Å². The highest BCUT2D eigenvalue weighted by atomic mass is 16.6. The molecule has 354 valence electrons. The molecule has 22 nitrogen and oxygen atoms in total. The Morgan fingerprint density at radius 3 is 1.18 bits per heavy atom. The molecule has 0 aliphatic carbocycles. The van der Waals surface area contributed by atoms with E-state index >= 15 is 0 Å². The number of aryl methyl sites for hydroxylation is 4. The van der Waals surface area contributed by atoms with Gasteiger partial charge in [0.2, 0.25) is 0 Å². The molecule has 0 aliphatic rings. The van der Waals surface area contributed by atoms with Gasteiger partial charge in [0.1, 0.15) is 22.8 Å². The van der Waals surface area contributed by atoms with Crippen molar-refractivity contribution < 1.29 is 43.8 Å². The highest BCUT2D eigenvalue weighted by Crippen LogP contribution is 2.28. The number of aromatic amines is 4. The van der Waals surface area contributed by atoms with Gasteiger partial charge in [-0.3, -0.25) is 39.9 Å². The second-order valence-corrected chi connectivity index (χ2v) is 15.9. The van der Waals surface area contributed by atoms with E-state index < -0.39 is 26.7 Å². The zero-order valence-corrected chi connectivity index (χ0v) is 38.4. The van der Waals surface area contributed by atoms with Crippen LogP contribution in [0.2, 0.25) is 0 Å². The van der Waals surface area contributed by atoms with Gasteiger partial charge in [0.25, 0.3) is 28.9 Å². The Hall–Kier alpha value is -9.08. The minimum atomic E-state index is -1.08. The van der Waals surface area contributed by atoms with Crippen molar-refractivity contribution in [1.82, 2.24) is 29.7 Å². The van der Waals surface area contributed by atoms with Crippen LogP contribution in [-0.4, -0.2) is 108 Å². The summed E-state index contributed by atoms with van der Waals surface area (Å²) in [5, 5.41) is 43.7. The number of H-pyrrole nitrogens is 4. The number of non-ortho nitro benzene ring substituents is 3. The maximum Gasteiger partial charge on any atom is 0.354 e. The quantitative estimate of drug-likeness (QED) is 0.0361. The molecule has 4 aromatic carbocycles. The third-order valence-electron chi connectivity index (χ3n) is 10.3. The number of nitrogen functional groups attached to an aromatic ring is 1. The predicted octanol–water partition coefficient (Wildman–Crippen LogP) is 8.49. The van der Waals surface area contributed by atoms with Crippen molar-refractivity contribution in [3.8, 4) is 0 Å². The van der Waals surface area contributed by atoms with Gasteiger partial charge in [0.15, 0.2) is 0 Å². The van der Waals surface area contributed by atoms with Crippen LogP contribution in [0.1, 0.15) is 71.1 Å². The van der Waals surface area contributed by atoms with Crippen molar-refractivity contribution in [1.29, 1.82) is 0 Å². The van der Waals surface area contributed by atoms with Crippen molar-refractivity contribution >= 4 is 90.1 Å². The van der Waals surface area contributed by atoms with Gasteiger partial charge in [-0.2, -0.15) is 0 Å². The summed E-state index contributed by atoms with van der Waals surface area (Å²) in [5.74, 6) is -1.74. The Kier molecular flexibility index (Phi) is 15.0. The molecular formula is C46H48N10O12. The van der Waals surface area contributed by atoms with Gasteiger partial charge < -0.3 is 45.3 Å². The summed E-state index contributed by atoms with van der Waals surface area (Å²) in [6, 6.07) is 18.8. The zero-order valence-electron chi connectivity index (χ0n) is 38.4. The van der Waals surface area contributed by atoms with Gasteiger partial charge in [-0.25, -0.2) is 9.59 Å². The molecule has 0 spiro atoms. The number of amides is 2. The normalized spacial score (nSPS) is 10.6. The summed E-state index contributed by atoms with van der Waals surface area (Å²) in [6.45, 7) is 9.19. The lowest BCUT2D eigenvalue weighted by Crippen LogP contribution is -2.21. The van der Waals surface area contributed by atoms with E-state index in [9.17, 15) is 49.5 Å². The maximum atomic E-state index is 11.8. The third kappa shape index (κ3) is 11.2. The SMILES string of the molecule is CCOC(=O)c1cc2cc([N+](=O)[O-])cc(C)c2[nH]1.Cc1cc(N)cc2cc(C(=O)N(C)C)[nH]c12.Cc1cc([N+](=O)[O-])cc2cc(C(=O)N(C)C)[nH]c12.Cc1cc([N+](=O)[O-])cc2cc(C(=O)O)[nH]c12. The van der Waals surface area contributed by atoms with E-state index in [4.69, 9.17) is 15.6 Å². The highest BCUT2D eigenvalue weighted by Gasteiger charge is 2.18. The van der Waals surface area contributed by atoms with E-state index in [-0.39, 0.29) is 41.2 Å². The summed E-state index contributed by atoms with van der Waals surface area (Å²) < 4.78 is 4.87. The van der Waals surface area contributed by atoms with Crippen LogP contribution in [0.25, 0.3) is 43.6 Å². The van der Waals surface area contributed by atoms with Crippen molar-refractivity contribution in [3.05, 3.63) is 148 Å². The van der Waals surface area contributed by atoms with Gasteiger partial charge in [0, 0.05) is 114 Å². The second-order valence-electron chi connectivity index (χ2n) is 15.9. The Labute approximate surface area is 386 Å². The van der Waals surface area contributed by atoms with E-state index in [0.29, 0.717) is 55.5 Å². The van der Waals surface area contributed by atoms with Crippen LogP contribution < -0.4 is 5.73 Å². The van der Waals surface area contributed by atoms with Gasteiger partial charge >= 0.3 is 11.9 Å². The van der Waals surface area contributed by atoms with Gasteiger partial charge in [0.05, 0.1) is 21.4 Å². The lowest BCUT2D eigenvalue weighted by atomic mass is 10.1. The fraction of sp³-hybridized carbons (Fsp3) is 0.217. The number of carboxylic acid groups (broad SMARTS) is 1. The molecule has 8 rings (SSSR count). The molecule has 0 atom stereocenters. The summed E-state index contributed by atoms with van der Waals surface area (Å²) in [5.41, 5.74) is 14.0. The zero-order chi connectivity index (χ0) is 50.5. The number of nitrogens with two attached hydrogens (primary N) is 1. The molecule has 22 heteroatoms. The van der Waals surface area contributed by atoms with Crippen LogP contribution in [0.15, 0.2) is 72.8 Å². The molecule has 0 fully saturated rings. The molecule has 0 aliphatic heterocycles. The molecular weight excluding hydrogens is 885 g/mol. The van der Waals surface area contributed by atoms with Crippen LogP contribution in [0, 0.1) is 58.0 Å². The summed E-state index contributed by atoms with van der Waals surface area (Å²) >= 11 is 0. The van der Waals surface area contributed by atoms with Crippen LogP contribution in [0.4, 0.5) is 22.7 Å². The number of nitrogens with zero attached hydrogens (tertiary/aromatic N) is 5. The van der Waals surface area contributed by atoms with Crippen molar-refractivity contribution in [3.63, 3.8) is 0 Å². The minimum absolute atomic E-state index is 0.00871. The fourth-order valence-corrected chi connectivity index (χ4v) is 7.13. The van der Waals surface area contributed by atoms with Crippen LogP contribution in [0.3, 0.4) is 0 Å². The first-order valence-electron chi connectivity index (χ1n) is 20.5.